The van der Waals surface area contributed by atoms with Crippen LogP contribution >= 0.6 is 7.37 Å². The molecule has 0 bridgehead atoms. The molecule has 0 aliphatic rings. The van der Waals surface area contributed by atoms with Gasteiger partial charge in [-0.2, -0.15) is 35.7 Å². The zero-order valence-electron chi connectivity index (χ0n) is 82.6. The van der Waals surface area contributed by atoms with Crippen LogP contribution in [0.15, 0.2) is 196 Å². The lowest BCUT2D eigenvalue weighted by Crippen LogP contribution is -2.27. The maximum absolute atomic E-state index is 13.5. The lowest BCUT2D eigenvalue weighted by molar-refractivity contribution is -0.138. The highest BCUT2D eigenvalue weighted by Crippen LogP contribution is 2.41. The second-order valence-electron chi connectivity index (χ2n) is 31.7. The Bertz CT molecular complexity index is 6110. The van der Waals surface area contributed by atoms with E-state index in [2.05, 4.69) is 122 Å². The highest BCUT2D eigenvalue weighted by atomic mass is 31.2. The summed E-state index contributed by atoms with van der Waals surface area (Å²) in [5.41, 5.74) is 10.5. The van der Waals surface area contributed by atoms with Crippen molar-refractivity contribution in [2.24, 2.45) is 42.3 Å². The lowest BCUT2D eigenvalue weighted by atomic mass is 10.2. The van der Waals surface area contributed by atoms with Crippen molar-refractivity contribution in [2.75, 3.05) is 84.2 Å². The Balaban J connectivity index is 0.000000565. The van der Waals surface area contributed by atoms with Gasteiger partial charge in [0, 0.05) is 169 Å². The molecule has 1 unspecified atom stereocenters. The van der Waals surface area contributed by atoms with Gasteiger partial charge < -0.3 is 59.9 Å². The first kappa shape index (κ1) is 121. The van der Waals surface area contributed by atoms with E-state index in [0.29, 0.717) is 11.3 Å². The fourth-order valence-electron chi connectivity index (χ4n) is 9.76. The van der Waals surface area contributed by atoms with E-state index in [1.165, 1.54) is 139 Å². The molecule has 0 radical (unpaired) electrons. The van der Waals surface area contributed by atoms with Crippen LogP contribution in [0.25, 0.3) is 36.5 Å². The standard InChI is InChI=1S/3C18H21FN4O3.C13H13FN4O.2C8H10N2O2.C5H11O4P.C4H4N2O.C3H4.C2H2/c1-18(2,3)26-17(25)22-14-7-6-13(19)9-15(14)21-16(24)8-5-12-10-20-23(4)11-12;2*1-18(2,3)26-17(25)22-15-9-13(19)6-7-14(15)21-16(24)8-5-12-10-20-23(4)11-12;1-18-8-9(7-16-18)2-5-13(19)17-12-6-10(14)3-4-11(12)15;2*1-10-6-7(5-9-10)3-4-8(11)12-2;1-8-5(6)4-10(3,7)9-2;7-3-4-1-5-6-2-4;1-3-2;1-2/h3*5-11H,1-4H3,(H,21,24)(H,22,25);2-8H,15H2,1H3,(H,17,19);2*3-6H,1-2H3;4H2,1-3H3;1-3H,(H,5,6);1H,2H3;1-2H/b3*8-5+;5-2+;2*4-3+;;;;. The molecule has 0 saturated carbocycles. The van der Waals surface area contributed by atoms with E-state index in [0.717, 1.165) is 57.9 Å². The highest BCUT2D eigenvalue weighted by molar-refractivity contribution is 7.59. The number of halogens is 4. The molecule has 0 saturated heterocycles. The lowest BCUT2D eigenvalue weighted by Gasteiger charge is -2.20. The molecule has 11 aromatic rings. The molecule has 41 nitrogen and oxygen atoms in total. The maximum atomic E-state index is 13.5. The summed E-state index contributed by atoms with van der Waals surface area (Å²) in [6.07, 6.45) is 52.0. The maximum Gasteiger partial charge on any atom is 0.412 e. The molecule has 0 fully saturated rings. The number of hydrogen-bond acceptors (Lipinski definition) is 27. The Hall–Kier alpha value is -17.6. The normalized spacial score (nSPS) is 11.0. The van der Waals surface area contributed by atoms with Gasteiger partial charge in [0.05, 0.1) is 116 Å². The number of terminal acetylenes is 2. The van der Waals surface area contributed by atoms with Gasteiger partial charge >= 0.3 is 36.2 Å². The predicted molar refractivity (Wildman–Crippen MR) is 537 cm³/mol. The molecule has 7 aromatic heterocycles. The average molecular weight is 2000 g/mol. The smallest absolute Gasteiger partial charge is 0.412 e. The van der Waals surface area contributed by atoms with Crippen molar-refractivity contribution < 1.29 is 108 Å². The molecule has 0 aliphatic heterocycles. The van der Waals surface area contributed by atoms with Crippen LogP contribution in [0.2, 0.25) is 0 Å². The predicted octanol–water partition coefficient (Wildman–Crippen LogP) is 15.5. The number of benzene rings is 4. The van der Waals surface area contributed by atoms with Crippen molar-refractivity contribution >= 4 is 155 Å². The number of aromatic amines is 1. The van der Waals surface area contributed by atoms with E-state index < -0.39 is 89.4 Å². The summed E-state index contributed by atoms with van der Waals surface area (Å²) in [7, 11) is 13.2. The number of nitrogens with two attached hydrogens (primary N) is 1. The summed E-state index contributed by atoms with van der Waals surface area (Å²) in [5, 5.41) is 47.5. The van der Waals surface area contributed by atoms with Gasteiger partial charge in [0.25, 0.3) is 0 Å². The number of ether oxygens (including phenoxy) is 6. The summed E-state index contributed by atoms with van der Waals surface area (Å²) in [5.74, 6) is -2.84. The van der Waals surface area contributed by atoms with Crippen LogP contribution < -0.4 is 43.0 Å². The number of H-pyrrole nitrogens is 1. The summed E-state index contributed by atoms with van der Waals surface area (Å²) in [6.45, 7) is 18.5. The van der Waals surface area contributed by atoms with Crippen molar-refractivity contribution in [2.45, 2.75) is 86.0 Å². The van der Waals surface area contributed by atoms with Crippen LogP contribution in [0, 0.1) is 48.5 Å². The molecule has 0 aliphatic carbocycles. The monoisotopic (exact) mass is 2000 g/mol. The zero-order chi connectivity index (χ0) is 108. The Morgan fingerprint density at radius 2 is 0.657 bits per heavy atom. The molecule has 1 atom stereocenters. The SMILES string of the molecule is C#C.C#CC.COC(=O)/C=C/c1cnn(C)c1.COC(=O)/C=C/c1cnn(C)c1.COC(=O)CP(C)(=O)OC.Cn1cc(/C=C/C(=O)Nc2cc(F)ccc2N)cn1.Cn1cc(/C=C/C(=O)Nc2cc(F)ccc2NC(=O)OC(C)(C)C)cn1.Cn1cc(/C=C/C(=O)Nc2ccc(F)cc2NC(=O)OC(C)(C)C)cn1.Cn1cc(/C=C/C(=O)Nc2ccc(F)cc2NC(=O)OC(C)(C)C)cn1.O=Cc1cn[nH]c1. The number of nitrogens with zero attached hydrogens (tertiary/aromatic N) is 13. The number of aldehydes is 1. The molecular weight excluding hydrogens is 1880 g/mol. The third-order valence-electron chi connectivity index (χ3n) is 15.9. The molecular formula is C97H117F4N22O19P. The number of anilines is 8. The van der Waals surface area contributed by atoms with Crippen molar-refractivity contribution in [3.8, 4) is 25.2 Å². The Morgan fingerprint density at radius 3 is 0.895 bits per heavy atom. The number of rotatable bonds is 23. The van der Waals surface area contributed by atoms with Gasteiger partial charge in [-0.15, -0.1) is 25.2 Å². The summed E-state index contributed by atoms with van der Waals surface area (Å²) in [6, 6.07) is 14.7. The Kier molecular flexibility index (Phi) is 52.9. The summed E-state index contributed by atoms with van der Waals surface area (Å²) < 4.78 is 108. The molecule has 4 aromatic carbocycles. The first-order valence-electron chi connectivity index (χ1n) is 41.9. The number of hydrogen-bond donors (Lipinski definition) is 9. The number of amides is 7. The van der Waals surface area contributed by atoms with Gasteiger partial charge in [0.15, 0.2) is 6.29 Å². The van der Waals surface area contributed by atoms with Crippen LogP contribution in [0.5, 0.6) is 0 Å². The van der Waals surface area contributed by atoms with E-state index in [1.807, 2.05) is 14.1 Å². The number of carbonyl (C=O) groups is 11. The molecule has 10 N–H and O–H groups in total. The first-order valence-corrected chi connectivity index (χ1v) is 44.2. The Labute approximate surface area is 824 Å². The van der Waals surface area contributed by atoms with Gasteiger partial charge in [-0.1, -0.05) is 0 Å². The molecule has 0 spiro atoms. The molecule has 11 rings (SSSR count). The quantitative estimate of drug-likeness (QED) is 0.00420. The van der Waals surface area contributed by atoms with Gasteiger partial charge in [0.2, 0.25) is 31.0 Å². The van der Waals surface area contributed by atoms with E-state index in [1.54, 1.807) is 236 Å². The van der Waals surface area contributed by atoms with Crippen molar-refractivity contribution in [1.29, 1.82) is 0 Å². The van der Waals surface area contributed by atoms with Crippen molar-refractivity contribution in [3.63, 3.8) is 0 Å². The number of esters is 3. The molecule has 7 heterocycles. The first-order chi connectivity index (χ1) is 67.2. The number of nitrogen functional groups attached to an aromatic ring is 1. The summed E-state index contributed by atoms with van der Waals surface area (Å²) in [4.78, 5) is 125. The van der Waals surface area contributed by atoms with Crippen LogP contribution in [0.3, 0.4) is 0 Å². The highest BCUT2D eigenvalue weighted by Gasteiger charge is 2.23. The second-order valence-corrected chi connectivity index (χ2v) is 34.4. The number of nitrogens with one attached hydrogen (secondary N) is 8. The van der Waals surface area contributed by atoms with Gasteiger partial charge in [0.1, 0.15) is 46.2 Å². The number of aromatic nitrogens is 14. The minimum atomic E-state index is -2.72. The van der Waals surface area contributed by atoms with Gasteiger partial charge in [-0.05, 0) is 178 Å². The van der Waals surface area contributed by atoms with Crippen LogP contribution in [-0.4, -0.2) is 193 Å². The van der Waals surface area contributed by atoms with Crippen molar-refractivity contribution in [1.82, 2.24) is 68.9 Å². The molecule has 762 valence electrons. The summed E-state index contributed by atoms with van der Waals surface area (Å²) >= 11 is 0. The van der Waals surface area contributed by atoms with E-state index in [4.69, 9.17) is 19.9 Å². The third-order valence-corrected chi connectivity index (χ3v) is 17.5. The van der Waals surface area contributed by atoms with Crippen LogP contribution in [0.1, 0.15) is 113 Å². The van der Waals surface area contributed by atoms with E-state index in [9.17, 15) is 74.9 Å². The number of aryl methyl sites for hydroxylation is 6. The second kappa shape index (κ2) is 62.3. The molecule has 143 heavy (non-hydrogen) atoms. The van der Waals surface area contributed by atoms with E-state index in [-0.39, 0.29) is 63.8 Å². The van der Waals surface area contributed by atoms with Crippen molar-refractivity contribution in [3.05, 3.63) is 258 Å². The van der Waals surface area contributed by atoms with Crippen LogP contribution in [0.4, 0.5) is 77.4 Å². The number of methoxy groups -OCH3 is 3. The average Bonchev–Trinajstić information content (AvgIpc) is 1.23. The number of carbonyl (C=O) groups excluding carboxylic acids is 11. The van der Waals surface area contributed by atoms with Gasteiger partial charge in [-0.3, -0.25) is 82.5 Å². The molecule has 7 amide bonds. The fraction of sp³-hybridized carbons (Fsp3) is 0.258. The Morgan fingerprint density at radius 1 is 0.406 bits per heavy atom. The molecule has 46 heteroatoms. The largest absolute Gasteiger partial charge is 0.469 e. The van der Waals surface area contributed by atoms with E-state index >= 15 is 0 Å². The van der Waals surface area contributed by atoms with Crippen LogP contribution in [-0.2, 0) is 113 Å². The minimum Gasteiger partial charge on any atom is -0.469 e. The third kappa shape index (κ3) is 54.8. The topological polar surface area (TPSA) is 515 Å². The minimum absolute atomic E-state index is 0.0994. The fourth-order valence-corrected chi connectivity index (χ4v) is 10.5. The zero-order valence-corrected chi connectivity index (χ0v) is 83.5. The van der Waals surface area contributed by atoms with Gasteiger partial charge in [-0.25, -0.2) is 41.5 Å².